The molecule has 2 heterocycles. The van der Waals surface area contributed by atoms with Gasteiger partial charge in [0, 0.05) is 29.9 Å². The molecule has 0 saturated carbocycles. The first-order chi connectivity index (χ1) is 11.6. The van der Waals surface area contributed by atoms with Gasteiger partial charge in [-0.05, 0) is 84.8 Å². The zero-order valence-corrected chi connectivity index (χ0v) is 15.3. The van der Waals surface area contributed by atoms with Gasteiger partial charge in [-0.2, -0.15) is 0 Å². The quantitative estimate of drug-likeness (QED) is 0.602. The summed E-state index contributed by atoms with van der Waals surface area (Å²) in [5, 5.41) is 0.854. The molecule has 0 N–H and O–H groups in total. The van der Waals surface area contributed by atoms with Gasteiger partial charge in [0.15, 0.2) is 0 Å². The van der Waals surface area contributed by atoms with Crippen LogP contribution in [0.2, 0.25) is 5.02 Å². The molecule has 0 radical (unpaired) electrons. The zero-order chi connectivity index (χ0) is 16.7. The Labute approximate surface area is 153 Å². The summed E-state index contributed by atoms with van der Waals surface area (Å²) in [6.45, 7) is 3.87. The van der Waals surface area contributed by atoms with Crippen LogP contribution in [0.15, 0.2) is 36.0 Å². The third kappa shape index (κ3) is 2.88. The monoisotopic (exact) mass is 358 g/mol. The lowest BCUT2D eigenvalue weighted by molar-refractivity contribution is 0.421. The van der Waals surface area contributed by atoms with Gasteiger partial charge in [-0.25, -0.2) is 4.42 Å². The highest BCUT2D eigenvalue weighted by Gasteiger charge is 2.25. The maximum absolute atomic E-state index is 6.41. The first kappa shape index (κ1) is 16.1. The first-order valence-corrected chi connectivity index (χ1v) is 9.21. The van der Waals surface area contributed by atoms with Gasteiger partial charge in [0.2, 0.25) is 0 Å². The molecular weight excluding hydrogens is 339 g/mol. The maximum atomic E-state index is 6.41. The number of hydrogen-bond donors (Lipinski definition) is 0. The van der Waals surface area contributed by atoms with Gasteiger partial charge in [0.05, 0.1) is 5.69 Å². The van der Waals surface area contributed by atoms with Crippen LogP contribution < -0.4 is 0 Å². The number of pyridine rings is 1. The van der Waals surface area contributed by atoms with Gasteiger partial charge >= 0.3 is 0 Å². The van der Waals surface area contributed by atoms with Crippen LogP contribution in [0.4, 0.5) is 0 Å². The molecule has 2 nitrogen and oxygen atoms in total. The molecule has 1 aromatic carbocycles. The molecule has 124 valence electrons. The minimum Gasteiger partial charge on any atom is -0.256 e. The van der Waals surface area contributed by atoms with Crippen LogP contribution in [0.25, 0.3) is 5.57 Å². The highest BCUT2D eigenvalue weighted by molar-refractivity contribution is 6.31. The average molecular weight is 359 g/mol. The van der Waals surface area contributed by atoms with Crippen molar-refractivity contribution in [1.29, 1.82) is 0 Å². The van der Waals surface area contributed by atoms with E-state index < -0.39 is 0 Å². The standard InChI is InChI=1S/C20H20Cl2N2/c1-13-11-17-16(12-18(13)21)5-4-15-3-2-8-23-20(15)19(17)14-6-9-24(22)10-7-14/h2-3,8,11-12H,4-7,9-10H2,1H3. The van der Waals surface area contributed by atoms with E-state index in [1.54, 1.807) is 0 Å². The average Bonchev–Trinajstić information content (AvgIpc) is 2.74. The molecule has 4 rings (SSSR count). The lowest BCUT2D eigenvalue weighted by Crippen LogP contribution is -2.22. The molecule has 2 aliphatic rings. The summed E-state index contributed by atoms with van der Waals surface area (Å²) in [7, 11) is 0. The Morgan fingerprint density at radius 3 is 2.58 bits per heavy atom. The van der Waals surface area contributed by atoms with Gasteiger partial charge in [-0.3, -0.25) is 4.98 Å². The molecule has 0 bridgehead atoms. The van der Waals surface area contributed by atoms with E-state index in [-0.39, 0.29) is 0 Å². The number of nitrogens with zero attached hydrogens (tertiary/aromatic N) is 2. The molecule has 24 heavy (non-hydrogen) atoms. The van der Waals surface area contributed by atoms with Gasteiger partial charge < -0.3 is 0 Å². The minimum atomic E-state index is 0.854. The number of fused-ring (bicyclic) bond motifs is 2. The molecule has 0 spiro atoms. The van der Waals surface area contributed by atoms with Gasteiger partial charge in [0.1, 0.15) is 0 Å². The van der Waals surface area contributed by atoms with Crippen LogP contribution >= 0.6 is 23.4 Å². The Hall–Kier alpha value is -1.35. The number of benzene rings is 1. The second-order valence-electron chi connectivity index (χ2n) is 6.66. The third-order valence-corrected chi connectivity index (χ3v) is 5.86. The SMILES string of the molecule is Cc1cc2c(cc1Cl)CCc1cccnc1C2=C1CCN(Cl)CC1. The summed E-state index contributed by atoms with van der Waals surface area (Å²) in [6, 6.07) is 8.64. The van der Waals surface area contributed by atoms with Crippen molar-refractivity contribution in [3.05, 3.63) is 69.0 Å². The summed E-state index contributed by atoms with van der Waals surface area (Å²) in [5.74, 6) is 0. The molecule has 0 unspecified atom stereocenters. The van der Waals surface area contributed by atoms with Crippen molar-refractivity contribution in [2.24, 2.45) is 0 Å². The van der Waals surface area contributed by atoms with E-state index in [1.165, 1.54) is 27.8 Å². The molecule has 1 fully saturated rings. The summed E-state index contributed by atoms with van der Waals surface area (Å²) < 4.78 is 1.88. The Morgan fingerprint density at radius 2 is 1.79 bits per heavy atom. The summed E-state index contributed by atoms with van der Waals surface area (Å²) >= 11 is 12.6. The fraction of sp³-hybridized carbons (Fsp3) is 0.350. The number of hydrogen-bond acceptors (Lipinski definition) is 2. The number of halogens is 2. The molecule has 0 amide bonds. The number of aromatic nitrogens is 1. The van der Waals surface area contributed by atoms with Crippen LogP contribution in [0.5, 0.6) is 0 Å². The number of rotatable bonds is 0. The van der Waals surface area contributed by atoms with E-state index in [9.17, 15) is 0 Å². The van der Waals surface area contributed by atoms with E-state index in [0.29, 0.717) is 0 Å². The van der Waals surface area contributed by atoms with Crippen molar-refractivity contribution >= 4 is 29.0 Å². The minimum absolute atomic E-state index is 0.854. The van der Waals surface area contributed by atoms with Gasteiger partial charge in [-0.1, -0.05) is 23.2 Å². The van der Waals surface area contributed by atoms with Gasteiger partial charge in [0.25, 0.3) is 0 Å². The van der Waals surface area contributed by atoms with Crippen molar-refractivity contribution in [1.82, 2.24) is 9.40 Å². The molecule has 1 aliphatic carbocycles. The summed E-state index contributed by atoms with van der Waals surface area (Å²) in [5.41, 5.74) is 9.04. The van der Waals surface area contributed by atoms with Crippen LogP contribution in [-0.2, 0) is 12.8 Å². The molecular formula is C20H20Cl2N2. The normalized spacial score (nSPS) is 18.1. The molecule has 1 saturated heterocycles. The molecule has 1 aliphatic heterocycles. The van der Waals surface area contributed by atoms with Gasteiger partial charge in [-0.15, -0.1) is 0 Å². The maximum Gasteiger partial charge on any atom is 0.0739 e. The molecule has 4 heteroatoms. The molecule has 2 aromatic rings. The van der Waals surface area contributed by atoms with Crippen molar-refractivity contribution in [2.45, 2.75) is 32.6 Å². The fourth-order valence-corrected chi connectivity index (χ4v) is 4.14. The predicted molar refractivity (Wildman–Crippen MR) is 101 cm³/mol. The first-order valence-electron chi connectivity index (χ1n) is 8.50. The lowest BCUT2D eigenvalue weighted by atomic mass is 9.88. The Morgan fingerprint density at radius 1 is 1.04 bits per heavy atom. The number of piperidine rings is 1. The van der Waals surface area contributed by atoms with Crippen molar-refractivity contribution < 1.29 is 0 Å². The topological polar surface area (TPSA) is 16.1 Å². The zero-order valence-electron chi connectivity index (χ0n) is 13.8. The van der Waals surface area contributed by atoms with Crippen molar-refractivity contribution in [3.8, 4) is 0 Å². The predicted octanol–water partition coefficient (Wildman–Crippen LogP) is 5.19. The van der Waals surface area contributed by atoms with E-state index in [0.717, 1.165) is 55.1 Å². The van der Waals surface area contributed by atoms with E-state index >= 15 is 0 Å². The second kappa shape index (κ2) is 6.51. The Bertz CT molecular complexity index is 816. The largest absolute Gasteiger partial charge is 0.256 e. The van der Waals surface area contributed by atoms with E-state index in [4.69, 9.17) is 28.4 Å². The summed E-state index contributed by atoms with van der Waals surface area (Å²) in [4.78, 5) is 4.77. The lowest BCUT2D eigenvalue weighted by Gasteiger charge is -2.25. The highest BCUT2D eigenvalue weighted by Crippen LogP contribution is 2.39. The summed E-state index contributed by atoms with van der Waals surface area (Å²) in [6.07, 6.45) is 5.91. The van der Waals surface area contributed by atoms with E-state index in [1.807, 2.05) is 16.7 Å². The van der Waals surface area contributed by atoms with Crippen LogP contribution in [0, 0.1) is 6.92 Å². The Kier molecular flexibility index (Phi) is 4.38. The fourth-order valence-electron chi connectivity index (χ4n) is 3.78. The highest BCUT2D eigenvalue weighted by atomic mass is 35.5. The second-order valence-corrected chi connectivity index (χ2v) is 7.54. The third-order valence-electron chi connectivity index (χ3n) is 5.11. The molecule has 1 aromatic heterocycles. The number of aryl methyl sites for hydroxylation is 3. The Balaban J connectivity index is 1.96. The smallest absolute Gasteiger partial charge is 0.0739 e. The van der Waals surface area contributed by atoms with Crippen LogP contribution in [0.1, 0.15) is 40.8 Å². The van der Waals surface area contributed by atoms with Crippen molar-refractivity contribution in [2.75, 3.05) is 13.1 Å². The van der Waals surface area contributed by atoms with E-state index in [2.05, 4.69) is 25.1 Å². The van der Waals surface area contributed by atoms with Crippen LogP contribution in [-0.4, -0.2) is 22.5 Å². The van der Waals surface area contributed by atoms with Crippen LogP contribution in [0.3, 0.4) is 0 Å². The van der Waals surface area contributed by atoms with Crippen molar-refractivity contribution in [3.63, 3.8) is 0 Å². The molecule has 0 atom stereocenters.